The SMILES string of the molecule is Cc1cc(-c2ccc(N3CCN(Cc4ccc(N5CCN(C(=O)O)CC5)cc4)CC3)nc2C(F)F)cn(C)c1=O. The number of alkyl halides is 2. The maximum atomic E-state index is 14.1. The highest BCUT2D eigenvalue weighted by atomic mass is 19.3. The molecule has 11 heteroatoms. The number of rotatable bonds is 6. The van der Waals surface area contributed by atoms with Crippen LogP contribution in [0, 0.1) is 6.92 Å². The predicted octanol–water partition coefficient (Wildman–Crippen LogP) is 3.82. The highest BCUT2D eigenvalue weighted by molar-refractivity contribution is 5.68. The number of carboxylic acid groups (broad SMARTS) is 1. The molecule has 212 valence electrons. The molecule has 2 fully saturated rings. The first-order valence-corrected chi connectivity index (χ1v) is 13.5. The maximum absolute atomic E-state index is 14.1. The van der Waals surface area contributed by atoms with E-state index in [1.165, 1.54) is 15.0 Å². The molecule has 0 bridgehead atoms. The minimum absolute atomic E-state index is 0.156. The van der Waals surface area contributed by atoms with Crippen molar-refractivity contribution in [1.82, 2.24) is 19.4 Å². The Balaban J connectivity index is 1.19. The molecule has 2 aliphatic heterocycles. The molecule has 9 nitrogen and oxygen atoms in total. The molecule has 2 saturated heterocycles. The summed E-state index contributed by atoms with van der Waals surface area (Å²) in [6, 6.07) is 13.5. The zero-order valence-electron chi connectivity index (χ0n) is 22.8. The van der Waals surface area contributed by atoms with Gasteiger partial charge in [0.15, 0.2) is 0 Å². The number of anilines is 2. The second-order valence-corrected chi connectivity index (χ2v) is 10.4. The third kappa shape index (κ3) is 5.94. The van der Waals surface area contributed by atoms with E-state index >= 15 is 0 Å². The fourth-order valence-corrected chi connectivity index (χ4v) is 5.44. The number of hydrogen-bond donors (Lipinski definition) is 1. The number of benzene rings is 1. The van der Waals surface area contributed by atoms with Crippen molar-refractivity contribution in [3.05, 3.63) is 75.8 Å². The van der Waals surface area contributed by atoms with E-state index in [1.807, 2.05) is 4.90 Å². The quantitative estimate of drug-likeness (QED) is 0.498. The van der Waals surface area contributed by atoms with Crippen LogP contribution < -0.4 is 15.4 Å². The minimum Gasteiger partial charge on any atom is -0.465 e. The van der Waals surface area contributed by atoms with Gasteiger partial charge in [-0.05, 0) is 42.8 Å². The van der Waals surface area contributed by atoms with Crippen LogP contribution >= 0.6 is 0 Å². The predicted molar refractivity (Wildman–Crippen MR) is 150 cm³/mol. The van der Waals surface area contributed by atoms with Crippen LogP contribution in [-0.2, 0) is 13.6 Å². The Morgan fingerprint density at radius 1 is 0.950 bits per heavy atom. The molecule has 40 heavy (non-hydrogen) atoms. The molecule has 2 aliphatic rings. The normalized spacial score (nSPS) is 16.6. The van der Waals surface area contributed by atoms with Crippen molar-refractivity contribution >= 4 is 17.6 Å². The van der Waals surface area contributed by atoms with Crippen molar-refractivity contribution in [3.63, 3.8) is 0 Å². The van der Waals surface area contributed by atoms with Gasteiger partial charge in [0.05, 0.1) is 0 Å². The van der Waals surface area contributed by atoms with Crippen molar-refractivity contribution in [3.8, 4) is 11.1 Å². The molecule has 0 atom stereocenters. The topological polar surface area (TPSA) is 85.2 Å². The molecule has 0 spiro atoms. The molecule has 1 aromatic carbocycles. The third-order valence-electron chi connectivity index (χ3n) is 7.74. The van der Waals surface area contributed by atoms with Gasteiger partial charge in [0.1, 0.15) is 11.5 Å². The highest BCUT2D eigenvalue weighted by Crippen LogP contribution is 2.32. The van der Waals surface area contributed by atoms with E-state index in [-0.39, 0.29) is 11.3 Å². The molecule has 5 rings (SSSR count). The monoisotopic (exact) mass is 552 g/mol. The van der Waals surface area contributed by atoms with Crippen LogP contribution in [-0.4, -0.2) is 82.9 Å². The van der Waals surface area contributed by atoms with Crippen LogP contribution in [0.25, 0.3) is 11.1 Å². The highest BCUT2D eigenvalue weighted by Gasteiger charge is 2.24. The first-order chi connectivity index (χ1) is 19.2. The molecule has 0 saturated carbocycles. The molecule has 3 aromatic rings. The first kappa shape index (κ1) is 27.6. The van der Waals surface area contributed by atoms with E-state index in [1.54, 1.807) is 38.4 Å². The lowest BCUT2D eigenvalue weighted by atomic mass is 10.0. The number of aryl methyl sites for hydroxylation is 2. The van der Waals surface area contributed by atoms with Crippen molar-refractivity contribution in [2.75, 3.05) is 62.2 Å². The molecule has 2 aromatic heterocycles. The van der Waals surface area contributed by atoms with Crippen molar-refractivity contribution < 1.29 is 18.7 Å². The lowest BCUT2D eigenvalue weighted by Crippen LogP contribution is -2.48. The van der Waals surface area contributed by atoms with E-state index in [2.05, 4.69) is 39.0 Å². The number of hydrogen-bond acceptors (Lipinski definition) is 6. The van der Waals surface area contributed by atoms with Crippen LogP contribution in [0.2, 0.25) is 0 Å². The van der Waals surface area contributed by atoms with E-state index in [9.17, 15) is 18.4 Å². The number of piperazine rings is 2. The van der Waals surface area contributed by atoms with Crippen molar-refractivity contribution in [2.24, 2.45) is 7.05 Å². The van der Waals surface area contributed by atoms with Gasteiger partial charge >= 0.3 is 6.09 Å². The van der Waals surface area contributed by atoms with Crippen LogP contribution in [0.4, 0.5) is 25.1 Å². The smallest absolute Gasteiger partial charge is 0.407 e. The maximum Gasteiger partial charge on any atom is 0.407 e. The standard InChI is InChI=1S/C29H34F2N6O3/c1-20-17-22(19-33(2)28(20)38)24-7-8-25(32-26(24)27(30)31)36-11-9-34(10-12-36)18-21-3-5-23(6-4-21)35-13-15-37(16-14-35)29(39)40/h3-8,17,19,27H,9-16,18H2,1-2H3,(H,39,40). The van der Waals surface area contributed by atoms with Crippen molar-refractivity contribution in [1.29, 1.82) is 0 Å². The number of halogens is 2. The van der Waals surface area contributed by atoms with Gasteiger partial charge in [-0.15, -0.1) is 0 Å². The van der Waals surface area contributed by atoms with Gasteiger partial charge in [-0.3, -0.25) is 9.69 Å². The number of aromatic nitrogens is 2. The second kappa shape index (κ2) is 11.6. The summed E-state index contributed by atoms with van der Waals surface area (Å²) in [5.41, 5.74) is 3.23. The zero-order chi connectivity index (χ0) is 28.4. The average molecular weight is 553 g/mol. The lowest BCUT2D eigenvalue weighted by molar-refractivity contribution is 0.142. The fourth-order valence-electron chi connectivity index (χ4n) is 5.44. The summed E-state index contributed by atoms with van der Waals surface area (Å²) in [5, 5.41) is 9.14. The summed E-state index contributed by atoms with van der Waals surface area (Å²) in [6.07, 6.45) is -2.03. The summed E-state index contributed by atoms with van der Waals surface area (Å²) in [4.78, 5) is 35.6. The van der Waals surface area contributed by atoms with Gasteiger partial charge in [-0.25, -0.2) is 18.6 Å². The van der Waals surface area contributed by atoms with Crippen LogP contribution in [0.3, 0.4) is 0 Å². The summed E-state index contributed by atoms with van der Waals surface area (Å²) in [7, 11) is 1.61. The van der Waals surface area contributed by atoms with Gasteiger partial charge in [-0.2, -0.15) is 0 Å². The van der Waals surface area contributed by atoms with E-state index in [0.29, 0.717) is 61.8 Å². The number of carbonyl (C=O) groups is 1. The Labute approximate surface area is 231 Å². The lowest BCUT2D eigenvalue weighted by Gasteiger charge is -2.36. The fraction of sp³-hybridized carbons (Fsp3) is 0.414. The van der Waals surface area contributed by atoms with Gasteiger partial charge in [0.2, 0.25) is 0 Å². The second-order valence-electron chi connectivity index (χ2n) is 10.4. The molecule has 0 aliphatic carbocycles. The van der Waals surface area contributed by atoms with Gasteiger partial charge in [-0.1, -0.05) is 12.1 Å². The zero-order valence-corrected chi connectivity index (χ0v) is 22.8. The van der Waals surface area contributed by atoms with Crippen LogP contribution in [0.5, 0.6) is 0 Å². The summed E-state index contributed by atoms with van der Waals surface area (Å²) >= 11 is 0. The van der Waals surface area contributed by atoms with Gasteiger partial charge in [0, 0.05) is 94.5 Å². The molecule has 4 heterocycles. The molecule has 0 radical (unpaired) electrons. The van der Waals surface area contributed by atoms with Crippen LogP contribution in [0.15, 0.2) is 53.5 Å². The average Bonchev–Trinajstić information content (AvgIpc) is 2.96. The number of amides is 1. The Morgan fingerprint density at radius 2 is 1.60 bits per heavy atom. The van der Waals surface area contributed by atoms with Crippen LogP contribution in [0.1, 0.15) is 23.2 Å². The van der Waals surface area contributed by atoms with E-state index in [4.69, 9.17) is 5.11 Å². The van der Waals surface area contributed by atoms with E-state index < -0.39 is 12.5 Å². The molecule has 0 unspecified atom stereocenters. The molecule has 1 amide bonds. The van der Waals surface area contributed by atoms with Gasteiger partial charge in [0.25, 0.3) is 12.0 Å². The van der Waals surface area contributed by atoms with Crippen molar-refractivity contribution in [2.45, 2.75) is 19.9 Å². The number of nitrogens with zero attached hydrogens (tertiary/aromatic N) is 6. The molecule has 1 N–H and O–H groups in total. The van der Waals surface area contributed by atoms with E-state index in [0.717, 1.165) is 25.3 Å². The Morgan fingerprint density at radius 3 is 2.20 bits per heavy atom. The third-order valence-corrected chi connectivity index (χ3v) is 7.74. The molecular formula is C29H34F2N6O3. The number of pyridine rings is 2. The minimum atomic E-state index is -2.74. The summed E-state index contributed by atoms with van der Waals surface area (Å²) < 4.78 is 29.5. The van der Waals surface area contributed by atoms with Gasteiger partial charge < -0.3 is 24.4 Å². The Kier molecular flexibility index (Phi) is 8.02. The first-order valence-electron chi connectivity index (χ1n) is 13.5. The Hall–Kier alpha value is -3.99. The summed E-state index contributed by atoms with van der Waals surface area (Å²) in [5.74, 6) is 0.535. The summed E-state index contributed by atoms with van der Waals surface area (Å²) in [6.45, 7) is 7.77. The molecular weight excluding hydrogens is 518 g/mol. The Bertz CT molecular complexity index is 1390. The largest absolute Gasteiger partial charge is 0.465 e.